The molecule has 2 rings (SSSR count). The summed E-state index contributed by atoms with van der Waals surface area (Å²) in [5.74, 6) is -0.916. The molecular weight excluding hydrogens is 266 g/mol. The number of nitrogens with zero attached hydrogens (tertiary/aromatic N) is 1. The molecule has 1 aliphatic rings. The summed E-state index contributed by atoms with van der Waals surface area (Å²) in [5, 5.41) is 9.30. The van der Waals surface area contributed by atoms with E-state index in [1.807, 2.05) is 0 Å². The third kappa shape index (κ3) is 2.37. The van der Waals surface area contributed by atoms with Crippen LogP contribution in [0.2, 0.25) is 0 Å². The Balaban J connectivity index is 2.29. The van der Waals surface area contributed by atoms with Gasteiger partial charge in [0.25, 0.3) is 0 Å². The molecule has 0 radical (unpaired) electrons. The number of benzene rings is 1. The Morgan fingerprint density at radius 1 is 1.37 bits per heavy atom. The van der Waals surface area contributed by atoms with Gasteiger partial charge < -0.3 is 5.11 Å². The van der Waals surface area contributed by atoms with E-state index in [1.165, 1.54) is 16.4 Å². The van der Waals surface area contributed by atoms with Gasteiger partial charge in [-0.05, 0) is 25.0 Å². The monoisotopic (exact) mass is 283 g/mol. The van der Waals surface area contributed by atoms with Crippen LogP contribution in [0.4, 0.5) is 0 Å². The van der Waals surface area contributed by atoms with Crippen LogP contribution >= 0.6 is 0 Å². The van der Waals surface area contributed by atoms with Crippen LogP contribution in [0.3, 0.4) is 0 Å². The predicted octanol–water partition coefficient (Wildman–Crippen LogP) is 1.56. The molecule has 1 aliphatic heterocycles. The van der Waals surface area contributed by atoms with Crippen LogP contribution in [0, 0.1) is 5.41 Å². The molecule has 0 aromatic heterocycles. The Kier molecular flexibility index (Phi) is 3.64. The molecule has 1 aromatic rings. The molecule has 1 fully saturated rings. The van der Waals surface area contributed by atoms with Crippen LogP contribution in [0.5, 0.6) is 0 Å². The first-order valence-corrected chi connectivity index (χ1v) is 7.65. The first kappa shape index (κ1) is 14.0. The van der Waals surface area contributed by atoms with Gasteiger partial charge in [-0.1, -0.05) is 25.1 Å². The third-order valence-electron chi connectivity index (χ3n) is 3.83. The maximum Gasteiger partial charge on any atom is 0.311 e. The summed E-state index contributed by atoms with van der Waals surface area (Å²) in [6.45, 7) is 2.10. The van der Waals surface area contributed by atoms with Gasteiger partial charge in [0.1, 0.15) is 0 Å². The van der Waals surface area contributed by atoms with E-state index in [9.17, 15) is 18.3 Å². The number of carbonyl (C=O) groups is 1. The summed E-state index contributed by atoms with van der Waals surface area (Å²) >= 11 is 0. The van der Waals surface area contributed by atoms with E-state index >= 15 is 0 Å². The van der Waals surface area contributed by atoms with Crippen LogP contribution in [0.25, 0.3) is 0 Å². The largest absolute Gasteiger partial charge is 0.481 e. The molecule has 1 aromatic carbocycles. The second kappa shape index (κ2) is 4.94. The molecule has 104 valence electrons. The molecule has 0 bridgehead atoms. The smallest absolute Gasteiger partial charge is 0.311 e. The highest BCUT2D eigenvalue weighted by Crippen LogP contribution is 2.36. The average molecular weight is 283 g/mol. The topological polar surface area (TPSA) is 74.7 Å². The average Bonchev–Trinajstić information content (AvgIpc) is 2.86. The molecule has 0 saturated carbocycles. The van der Waals surface area contributed by atoms with Crippen LogP contribution in [0.15, 0.2) is 35.2 Å². The van der Waals surface area contributed by atoms with Crippen molar-refractivity contribution < 1.29 is 18.3 Å². The Morgan fingerprint density at radius 2 is 2.00 bits per heavy atom. The minimum absolute atomic E-state index is 0.0516. The van der Waals surface area contributed by atoms with Gasteiger partial charge >= 0.3 is 5.97 Å². The molecule has 6 heteroatoms. The normalized spacial score (nSPS) is 24.5. The summed E-state index contributed by atoms with van der Waals surface area (Å²) in [6, 6.07) is 8.13. The fourth-order valence-electron chi connectivity index (χ4n) is 2.40. The molecule has 5 nitrogen and oxygen atoms in total. The van der Waals surface area contributed by atoms with Gasteiger partial charge in [-0.25, -0.2) is 8.42 Å². The van der Waals surface area contributed by atoms with Crippen molar-refractivity contribution in [2.75, 3.05) is 13.1 Å². The molecule has 0 amide bonds. The van der Waals surface area contributed by atoms with Crippen LogP contribution in [-0.2, 0) is 14.8 Å². The number of hydrogen-bond acceptors (Lipinski definition) is 3. The maximum atomic E-state index is 12.4. The first-order valence-electron chi connectivity index (χ1n) is 6.21. The zero-order valence-corrected chi connectivity index (χ0v) is 11.6. The Bertz CT molecular complexity index is 570. The third-order valence-corrected chi connectivity index (χ3v) is 5.69. The van der Waals surface area contributed by atoms with Crippen LogP contribution in [0.1, 0.15) is 19.8 Å². The lowest BCUT2D eigenvalue weighted by Gasteiger charge is -2.22. The summed E-state index contributed by atoms with van der Waals surface area (Å²) in [5.41, 5.74) is -0.943. The Hall–Kier alpha value is -1.40. The lowest BCUT2D eigenvalue weighted by Crippen LogP contribution is -2.36. The number of rotatable bonds is 4. The summed E-state index contributed by atoms with van der Waals surface area (Å²) in [4.78, 5) is 11.6. The molecule has 1 heterocycles. The Labute approximate surface area is 112 Å². The van der Waals surface area contributed by atoms with E-state index in [0.29, 0.717) is 12.8 Å². The van der Waals surface area contributed by atoms with E-state index < -0.39 is 21.4 Å². The standard InChI is InChI=1S/C13H17NO4S/c1-2-13(12(15)16)8-9-14(10-13)19(17,18)11-6-4-3-5-7-11/h3-7H,2,8-10H2,1H3,(H,15,16). The highest BCUT2D eigenvalue weighted by Gasteiger charge is 2.47. The number of hydrogen-bond donors (Lipinski definition) is 1. The second-order valence-corrected chi connectivity index (χ2v) is 6.78. The Morgan fingerprint density at radius 3 is 2.47 bits per heavy atom. The van der Waals surface area contributed by atoms with E-state index in [-0.39, 0.29) is 18.0 Å². The highest BCUT2D eigenvalue weighted by molar-refractivity contribution is 7.89. The zero-order chi connectivity index (χ0) is 14.1. The minimum Gasteiger partial charge on any atom is -0.481 e. The number of sulfonamides is 1. The summed E-state index contributed by atoms with van der Waals surface area (Å²) < 4.78 is 26.1. The van der Waals surface area contributed by atoms with Crippen molar-refractivity contribution >= 4 is 16.0 Å². The lowest BCUT2D eigenvalue weighted by molar-refractivity contribution is -0.148. The van der Waals surface area contributed by atoms with Gasteiger partial charge in [0, 0.05) is 13.1 Å². The van der Waals surface area contributed by atoms with Crippen LogP contribution in [-0.4, -0.2) is 36.9 Å². The number of aliphatic carboxylic acids is 1. The fourth-order valence-corrected chi connectivity index (χ4v) is 3.94. The van der Waals surface area contributed by atoms with Crippen molar-refractivity contribution in [3.63, 3.8) is 0 Å². The molecule has 1 N–H and O–H groups in total. The van der Waals surface area contributed by atoms with Crippen LogP contribution < -0.4 is 0 Å². The predicted molar refractivity (Wildman–Crippen MR) is 70.2 cm³/mol. The maximum absolute atomic E-state index is 12.4. The molecule has 1 unspecified atom stereocenters. The van der Waals surface area contributed by atoms with E-state index in [0.717, 1.165) is 0 Å². The quantitative estimate of drug-likeness (QED) is 0.910. The highest BCUT2D eigenvalue weighted by atomic mass is 32.2. The van der Waals surface area contributed by atoms with Crippen molar-refractivity contribution in [2.24, 2.45) is 5.41 Å². The van der Waals surface area contributed by atoms with Gasteiger partial charge in [0.2, 0.25) is 10.0 Å². The van der Waals surface area contributed by atoms with Gasteiger partial charge in [-0.15, -0.1) is 0 Å². The van der Waals surface area contributed by atoms with Crippen molar-refractivity contribution in [1.29, 1.82) is 0 Å². The summed E-state index contributed by atoms with van der Waals surface area (Å²) in [7, 11) is -3.58. The van der Waals surface area contributed by atoms with E-state index in [1.54, 1.807) is 25.1 Å². The van der Waals surface area contributed by atoms with E-state index in [2.05, 4.69) is 0 Å². The van der Waals surface area contributed by atoms with Crippen molar-refractivity contribution in [3.8, 4) is 0 Å². The van der Waals surface area contributed by atoms with Gasteiger partial charge in [-0.3, -0.25) is 4.79 Å². The minimum atomic E-state index is -3.58. The molecule has 1 saturated heterocycles. The van der Waals surface area contributed by atoms with Crippen molar-refractivity contribution in [2.45, 2.75) is 24.7 Å². The molecule has 19 heavy (non-hydrogen) atoms. The number of carboxylic acid groups (broad SMARTS) is 1. The van der Waals surface area contributed by atoms with E-state index in [4.69, 9.17) is 0 Å². The fraction of sp³-hybridized carbons (Fsp3) is 0.462. The molecule has 1 atom stereocenters. The number of carboxylic acids is 1. The van der Waals surface area contributed by atoms with Crippen molar-refractivity contribution in [3.05, 3.63) is 30.3 Å². The van der Waals surface area contributed by atoms with Gasteiger partial charge in [-0.2, -0.15) is 4.31 Å². The molecule has 0 spiro atoms. The lowest BCUT2D eigenvalue weighted by atomic mass is 9.85. The zero-order valence-electron chi connectivity index (χ0n) is 10.7. The van der Waals surface area contributed by atoms with Crippen molar-refractivity contribution in [1.82, 2.24) is 4.31 Å². The second-order valence-electron chi connectivity index (χ2n) is 4.84. The van der Waals surface area contributed by atoms with Gasteiger partial charge in [0.15, 0.2) is 0 Å². The summed E-state index contributed by atoms with van der Waals surface area (Å²) in [6.07, 6.45) is 0.800. The first-order chi connectivity index (χ1) is 8.92. The molecule has 0 aliphatic carbocycles. The SMILES string of the molecule is CCC1(C(=O)O)CCN(S(=O)(=O)c2ccccc2)C1. The van der Waals surface area contributed by atoms with Gasteiger partial charge in [0.05, 0.1) is 10.3 Å². The molecular formula is C13H17NO4S.